The Morgan fingerprint density at radius 2 is 1.95 bits per heavy atom. The molecule has 1 aliphatic carbocycles. The van der Waals surface area contributed by atoms with Gasteiger partial charge in [-0.25, -0.2) is 0 Å². The van der Waals surface area contributed by atoms with Gasteiger partial charge in [-0.2, -0.15) is 0 Å². The largest absolute Gasteiger partial charge is 0.288 e. The lowest BCUT2D eigenvalue weighted by atomic mass is 10.0. The van der Waals surface area contributed by atoms with Crippen LogP contribution in [0, 0.1) is 11.8 Å². The standard InChI is InChI=1S/C18H14OS/c1-13(19)20-10-4-5-14-8-9-18-16(11-14)12-15-6-2-3-7-17(15)18/h2-3,6-9,11H,10,12H2,1H3. The van der Waals surface area contributed by atoms with Crippen LogP contribution in [0.2, 0.25) is 0 Å². The Labute approximate surface area is 123 Å². The number of hydrogen-bond acceptors (Lipinski definition) is 2. The zero-order chi connectivity index (χ0) is 13.9. The molecule has 1 aliphatic rings. The zero-order valence-electron chi connectivity index (χ0n) is 11.3. The van der Waals surface area contributed by atoms with Gasteiger partial charge in [0, 0.05) is 12.5 Å². The van der Waals surface area contributed by atoms with E-state index in [-0.39, 0.29) is 5.12 Å². The van der Waals surface area contributed by atoms with Gasteiger partial charge in [0.05, 0.1) is 5.75 Å². The molecule has 3 rings (SSSR count). The fraction of sp³-hybridized carbons (Fsp3) is 0.167. The van der Waals surface area contributed by atoms with E-state index < -0.39 is 0 Å². The third-order valence-electron chi connectivity index (χ3n) is 3.37. The molecule has 0 aromatic heterocycles. The van der Waals surface area contributed by atoms with Crippen molar-refractivity contribution in [2.24, 2.45) is 0 Å². The van der Waals surface area contributed by atoms with Gasteiger partial charge in [0.15, 0.2) is 5.12 Å². The lowest BCUT2D eigenvalue weighted by Gasteiger charge is -2.00. The minimum Gasteiger partial charge on any atom is -0.288 e. The number of benzene rings is 2. The molecule has 20 heavy (non-hydrogen) atoms. The van der Waals surface area contributed by atoms with Crippen molar-refractivity contribution < 1.29 is 4.79 Å². The van der Waals surface area contributed by atoms with Crippen LogP contribution in [-0.2, 0) is 11.2 Å². The van der Waals surface area contributed by atoms with Crippen molar-refractivity contribution in [3.8, 4) is 23.0 Å². The van der Waals surface area contributed by atoms with Crippen LogP contribution in [-0.4, -0.2) is 10.9 Å². The summed E-state index contributed by atoms with van der Waals surface area (Å²) in [6, 6.07) is 14.9. The highest BCUT2D eigenvalue weighted by atomic mass is 32.2. The second kappa shape index (κ2) is 5.56. The normalized spacial score (nSPS) is 11.2. The van der Waals surface area contributed by atoms with Gasteiger partial charge < -0.3 is 0 Å². The molecule has 1 nitrogen and oxygen atoms in total. The number of carbonyl (C=O) groups is 1. The fourth-order valence-electron chi connectivity index (χ4n) is 2.50. The molecular weight excluding hydrogens is 264 g/mol. The van der Waals surface area contributed by atoms with Gasteiger partial charge in [0.1, 0.15) is 0 Å². The summed E-state index contributed by atoms with van der Waals surface area (Å²) >= 11 is 1.25. The highest BCUT2D eigenvalue weighted by Gasteiger charge is 2.17. The minimum absolute atomic E-state index is 0.115. The first-order valence-electron chi connectivity index (χ1n) is 6.57. The van der Waals surface area contributed by atoms with Crippen molar-refractivity contribution in [1.82, 2.24) is 0 Å². The van der Waals surface area contributed by atoms with Crippen LogP contribution >= 0.6 is 11.8 Å². The lowest BCUT2D eigenvalue weighted by Crippen LogP contribution is -1.84. The van der Waals surface area contributed by atoms with E-state index in [0.717, 1.165) is 12.0 Å². The Morgan fingerprint density at radius 1 is 1.15 bits per heavy atom. The molecule has 0 spiro atoms. The lowest BCUT2D eigenvalue weighted by molar-refractivity contribution is -0.109. The van der Waals surface area contributed by atoms with Crippen LogP contribution in [0.25, 0.3) is 11.1 Å². The minimum atomic E-state index is 0.115. The first-order chi connectivity index (χ1) is 9.74. The topological polar surface area (TPSA) is 17.1 Å². The second-order valence-corrected chi connectivity index (χ2v) is 5.94. The average Bonchev–Trinajstić information content (AvgIpc) is 2.81. The second-order valence-electron chi connectivity index (χ2n) is 4.79. The Balaban J connectivity index is 1.82. The van der Waals surface area contributed by atoms with Gasteiger partial charge in [-0.05, 0) is 40.8 Å². The maximum absolute atomic E-state index is 10.8. The molecule has 2 aromatic rings. The van der Waals surface area contributed by atoms with Gasteiger partial charge >= 0.3 is 0 Å². The number of thioether (sulfide) groups is 1. The summed E-state index contributed by atoms with van der Waals surface area (Å²) in [7, 11) is 0. The molecule has 0 bridgehead atoms. The van der Waals surface area contributed by atoms with Crippen LogP contribution in [0.1, 0.15) is 23.6 Å². The summed E-state index contributed by atoms with van der Waals surface area (Å²) in [6.45, 7) is 1.57. The van der Waals surface area contributed by atoms with E-state index in [4.69, 9.17) is 0 Å². The predicted molar refractivity (Wildman–Crippen MR) is 84.7 cm³/mol. The van der Waals surface area contributed by atoms with Crippen LogP contribution < -0.4 is 0 Å². The molecule has 0 fully saturated rings. The molecule has 0 saturated heterocycles. The first kappa shape index (κ1) is 13.0. The first-order valence-corrected chi connectivity index (χ1v) is 7.56. The third kappa shape index (κ3) is 2.64. The zero-order valence-corrected chi connectivity index (χ0v) is 12.1. The summed E-state index contributed by atoms with van der Waals surface area (Å²) in [4.78, 5) is 10.8. The average molecular weight is 278 g/mol. The summed E-state index contributed by atoms with van der Waals surface area (Å²) < 4.78 is 0. The molecule has 98 valence electrons. The van der Waals surface area contributed by atoms with E-state index in [2.05, 4.69) is 54.3 Å². The maximum Gasteiger partial charge on any atom is 0.186 e. The predicted octanol–water partition coefficient (Wildman–Crippen LogP) is 3.89. The Bertz CT molecular complexity index is 735. The van der Waals surface area contributed by atoms with Crippen molar-refractivity contribution in [3.63, 3.8) is 0 Å². The van der Waals surface area contributed by atoms with Crippen LogP contribution in [0.5, 0.6) is 0 Å². The monoisotopic (exact) mass is 278 g/mol. The molecule has 0 N–H and O–H groups in total. The molecule has 2 heteroatoms. The van der Waals surface area contributed by atoms with Crippen LogP contribution in [0.4, 0.5) is 0 Å². The molecule has 0 radical (unpaired) electrons. The van der Waals surface area contributed by atoms with E-state index in [1.807, 2.05) is 0 Å². The fourth-order valence-corrected chi connectivity index (χ4v) is 2.85. The van der Waals surface area contributed by atoms with E-state index in [1.165, 1.54) is 34.0 Å². The van der Waals surface area contributed by atoms with Gasteiger partial charge in [-0.1, -0.05) is 53.9 Å². The molecule has 0 saturated carbocycles. The molecule has 0 amide bonds. The quantitative estimate of drug-likeness (QED) is 0.628. The van der Waals surface area contributed by atoms with E-state index in [9.17, 15) is 4.79 Å². The smallest absolute Gasteiger partial charge is 0.186 e. The van der Waals surface area contributed by atoms with Crippen molar-refractivity contribution >= 4 is 16.9 Å². The molecule has 0 unspecified atom stereocenters. The SMILES string of the molecule is CC(=O)SCC#Cc1ccc2c(c1)Cc1ccccc1-2. The Kier molecular flexibility index (Phi) is 3.62. The molecule has 0 heterocycles. The van der Waals surface area contributed by atoms with Gasteiger partial charge in [0.2, 0.25) is 0 Å². The van der Waals surface area contributed by atoms with Crippen molar-refractivity contribution in [3.05, 3.63) is 59.2 Å². The number of hydrogen-bond donors (Lipinski definition) is 0. The van der Waals surface area contributed by atoms with E-state index >= 15 is 0 Å². The molecular formula is C18H14OS. The Hall–Kier alpha value is -1.98. The van der Waals surface area contributed by atoms with Crippen molar-refractivity contribution in [2.45, 2.75) is 13.3 Å². The van der Waals surface area contributed by atoms with E-state index in [0.29, 0.717) is 5.75 Å². The molecule has 0 aliphatic heterocycles. The highest BCUT2D eigenvalue weighted by molar-refractivity contribution is 8.13. The number of rotatable bonds is 1. The van der Waals surface area contributed by atoms with Crippen molar-refractivity contribution in [2.75, 3.05) is 5.75 Å². The summed E-state index contributed by atoms with van der Waals surface area (Å²) in [5.41, 5.74) is 6.43. The van der Waals surface area contributed by atoms with E-state index in [1.54, 1.807) is 6.92 Å². The molecule has 2 aromatic carbocycles. The van der Waals surface area contributed by atoms with Gasteiger partial charge in [-0.15, -0.1) is 0 Å². The Morgan fingerprint density at radius 3 is 2.80 bits per heavy atom. The summed E-state index contributed by atoms with van der Waals surface area (Å²) in [5, 5.41) is 0.115. The number of carbonyl (C=O) groups excluding carboxylic acids is 1. The van der Waals surface area contributed by atoms with Crippen molar-refractivity contribution in [1.29, 1.82) is 0 Å². The van der Waals surface area contributed by atoms with Gasteiger partial charge in [-0.3, -0.25) is 4.79 Å². The maximum atomic E-state index is 10.8. The molecule has 0 atom stereocenters. The highest BCUT2D eigenvalue weighted by Crippen LogP contribution is 2.36. The summed E-state index contributed by atoms with van der Waals surface area (Å²) in [5.74, 6) is 6.73. The van der Waals surface area contributed by atoms with Gasteiger partial charge in [0.25, 0.3) is 0 Å². The third-order valence-corrected chi connectivity index (χ3v) is 4.07. The number of fused-ring (bicyclic) bond motifs is 3. The summed E-state index contributed by atoms with van der Waals surface area (Å²) in [6.07, 6.45) is 0.989. The van der Waals surface area contributed by atoms with Crippen LogP contribution in [0.3, 0.4) is 0 Å². The van der Waals surface area contributed by atoms with Crippen LogP contribution in [0.15, 0.2) is 42.5 Å².